The summed E-state index contributed by atoms with van der Waals surface area (Å²) in [5.74, 6) is -0.931. The van der Waals surface area contributed by atoms with Crippen LogP contribution in [-0.2, 0) is 28.6 Å². The molecule has 6 nitrogen and oxygen atoms in total. The number of carbonyl (C=O) groups excluding carboxylic acids is 3. The second kappa shape index (κ2) is 63.6. The van der Waals surface area contributed by atoms with E-state index in [2.05, 4.69) is 130 Å². The third-order valence-electron chi connectivity index (χ3n) is 13.5. The van der Waals surface area contributed by atoms with E-state index in [-0.39, 0.29) is 37.5 Å². The Labute approximate surface area is 470 Å². The molecular weight excluding hydrogens is 937 g/mol. The summed E-state index contributed by atoms with van der Waals surface area (Å²) >= 11 is 0. The van der Waals surface area contributed by atoms with Crippen molar-refractivity contribution in [1.82, 2.24) is 0 Å². The molecule has 76 heavy (non-hydrogen) atoms. The highest BCUT2D eigenvalue weighted by Crippen LogP contribution is 2.17. The minimum atomic E-state index is -0.796. The maximum atomic E-state index is 12.8. The lowest BCUT2D eigenvalue weighted by Crippen LogP contribution is -2.30. The lowest BCUT2D eigenvalue weighted by molar-refractivity contribution is -0.167. The molecule has 1 atom stereocenters. The summed E-state index contributed by atoms with van der Waals surface area (Å²) in [7, 11) is 0. The van der Waals surface area contributed by atoms with Crippen molar-refractivity contribution in [3.05, 3.63) is 109 Å². The SMILES string of the molecule is CC/C=C\C/C=C\C/C=C\C/C=C\C/C=C\CCCCCCCCCCCCCCCCCCCCCC(=O)OCC(COC(=O)CCCCCCCCCC)OC(=O)CCCC/C=C\C/C=C\C/C=C\C/C=C\CC. The molecule has 0 amide bonds. The van der Waals surface area contributed by atoms with Gasteiger partial charge >= 0.3 is 17.9 Å². The fourth-order valence-corrected chi connectivity index (χ4v) is 8.81. The van der Waals surface area contributed by atoms with Crippen LogP contribution in [0.3, 0.4) is 0 Å². The Morgan fingerprint density at radius 2 is 0.513 bits per heavy atom. The summed E-state index contributed by atoms with van der Waals surface area (Å²) < 4.78 is 16.8. The van der Waals surface area contributed by atoms with E-state index in [1.54, 1.807) is 0 Å². The molecule has 0 aliphatic rings. The standard InChI is InChI=1S/C70H118O6/c1-4-7-10-13-16-19-21-23-25-26-27-28-29-30-31-32-33-34-35-36-37-38-39-40-41-42-43-44-46-47-49-51-54-57-60-63-69(72)75-66-67(65-74-68(71)62-59-56-53-18-15-12-9-6-3)76-70(73)64-61-58-55-52-50-48-45-24-22-20-17-14-11-8-5-2/h7-8,10-11,16-17,19-20,23-25,27-28,30-31,45,50,52,67H,4-6,9,12-15,18,21-22,26,29,32-44,46-49,51,53-66H2,1-3H3/b10-7-,11-8-,19-16-,20-17-,25-23-,28-27-,31-30-,45-24-,52-50-. The molecule has 0 spiro atoms. The zero-order valence-electron chi connectivity index (χ0n) is 49.7. The number of unbranched alkanes of at least 4 members (excludes halogenated alkanes) is 28. The largest absolute Gasteiger partial charge is 0.462 e. The Morgan fingerprint density at radius 3 is 0.829 bits per heavy atom. The van der Waals surface area contributed by atoms with Gasteiger partial charge in [0.25, 0.3) is 0 Å². The zero-order chi connectivity index (χ0) is 55.0. The van der Waals surface area contributed by atoms with Gasteiger partial charge < -0.3 is 14.2 Å². The van der Waals surface area contributed by atoms with E-state index >= 15 is 0 Å². The van der Waals surface area contributed by atoms with Crippen molar-refractivity contribution in [3.63, 3.8) is 0 Å². The van der Waals surface area contributed by atoms with Crippen LogP contribution in [0, 0.1) is 0 Å². The van der Waals surface area contributed by atoms with Gasteiger partial charge in [-0.1, -0.05) is 284 Å². The third-order valence-corrected chi connectivity index (χ3v) is 13.5. The van der Waals surface area contributed by atoms with Crippen molar-refractivity contribution in [2.45, 2.75) is 303 Å². The highest BCUT2D eigenvalue weighted by Gasteiger charge is 2.19. The van der Waals surface area contributed by atoms with Gasteiger partial charge in [-0.2, -0.15) is 0 Å². The molecule has 0 saturated heterocycles. The zero-order valence-corrected chi connectivity index (χ0v) is 49.7. The number of allylic oxidation sites excluding steroid dienone is 18. The molecule has 0 aromatic rings. The van der Waals surface area contributed by atoms with E-state index in [1.165, 1.54) is 141 Å². The van der Waals surface area contributed by atoms with Crippen molar-refractivity contribution in [3.8, 4) is 0 Å². The van der Waals surface area contributed by atoms with Gasteiger partial charge in [-0.15, -0.1) is 0 Å². The third kappa shape index (κ3) is 60.9. The predicted molar refractivity (Wildman–Crippen MR) is 330 cm³/mol. The van der Waals surface area contributed by atoms with Crippen molar-refractivity contribution in [2.24, 2.45) is 0 Å². The van der Waals surface area contributed by atoms with Crippen molar-refractivity contribution in [1.29, 1.82) is 0 Å². The smallest absolute Gasteiger partial charge is 0.306 e. The minimum absolute atomic E-state index is 0.0914. The van der Waals surface area contributed by atoms with Crippen LogP contribution in [0.5, 0.6) is 0 Å². The summed E-state index contributed by atoms with van der Waals surface area (Å²) in [4.78, 5) is 38.0. The Balaban J connectivity index is 4.04. The maximum Gasteiger partial charge on any atom is 0.306 e. The summed E-state index contributed by atoms with van der Waals surface area (Å²) in [5, 5.41) is 0. The van der Waals surface area contributed by atoms with E-state index in [0.29, 0.717) is 19.3 Å². The lowest BCUT2D eigenvalue weighted by Gasteiger charge is -2.18. The Hall–Kier alpha value is -3.93. The molecule has 6 heteroatoms. The molecule has 0 N–H and O–H groups in total. The van der Waals surface area contributed by atoms with Gasteiger partial charge in [0.15, 0.2) is 6.10 Å². The highest BCUT2D eigenvalue weighted by molar-refractivity contribution is 5.71. The van der Waals surface area contributed by atoms with Gasteiger partial charge in [0.05, 0.1) is 0 Å². The average Bonchev–Trinajstić information content (AvgIpc) is 3.42. The van der Waals surface area contributed by atoms with Crippen LogP contribution in [-0.4, -0.2) is 37.2 Å². The van der Waals surface area contributed by atoms with E-state index in [9.17, 15) is 14.4 Å². The highest BCUT2D eigenvalue weighted by atomic mass is 16.6. The van der Waals surface area contributed by atoms with Crippen LogP contribution in [0.2, 0.25) is 0 Å². The molecule has 1 unspecified atom stereocenters. The average molecular weight is 1060 g/mol. The molecule has 434 valence electrons. The number of carbonyl (C=O) groups is 3. The first-order chi connectivity index (χ1) is 37.5. The number of hydrogen-bond acceptors (Lipinski definition) is 6. The topological polar surface area (TPSA) is 78.9 Å². The summed E-state index contributed by atoms with van der Waals surface area (Å²) in [6.45, 7) is 6.36. The van der Waals surface area contributed by atoms with Gasteiger partial charge in [-0.05, 0) is 103 Å². The van der Waals surface area contributed by atoms with Crippen LogP contribution in [0.15, 0.2) is 109 Å². The van der Waals surface area contributed by atoms with Crippen molar-refractivity contribution < 1.29 is 28.6 Å². The van der Waals surface area contributed by atoms with E-state index < -0.39 is 6.10 Å². The van der Waals surface area contributed by atoms with Crippen LogP contribution in [0.25, 0.3) is 0 Å². The monoisotopic (exact) mass is 1050 g/mol. The minimum Gasteiger partial charge on any atom is -0.462 e. The van der Waals surface area contributed by atoms with Crippen LogP contribution >= 0.6 is 0 Å². The van der Waals surface area contributed by atoms with Gasteiger partial charge in [0, 0.05) is 19.3 Å². The number of ether oxygens (including phenoxy) is 3. The summed E-state index contributed by atoms with van der Waals surface area (Å²) in [6, 6.07) is 0. The number of hydrogen-bond donors (Lipinski definition) is 0. The predicted octanol–water partition coefficient (Wildman–Crippen LogP) is 21.8. The molecule has 0 aromatic carbocycles. The van der Waals surface area contributed by atoms with Crippen molar-refractivity contribution in [2.75, 3.05) is 13.2 Å². The fourth-order valence-electron chi connectivity index (χ4n) is 8.81. The van der Waals surface area contributed by atoms with E-state index in [4.69, 9.17) is 14.2 Å². The number of esters is 3. The number of rotatable bonds is 57. The second-order valence-electron chi connectivity index (χ2n) is 20.9. The molecule has 0 fully saturated rings. The molecule has 0 aliphatic carbocycles. The summed E-state index contributed by atoms with van der Waals surface area (Å²) in [6.07, 6.45) is 87.1. The van der Waals surface area contributed by atoms with Gasteiger partial charge in [0.1, 0.15) is 13.2 Å². The molecule has 0 bridgehead atoms. The molecule has 0 radical (unpaired) electrons. The van der Waals surface area contributed by atoms with Gasteiger partial charge in [0.2, 0.25) is 0 Å². The second-order valence-corrected chi connectivity index (χ2v) is 20.9. The van der Waals surface area contributed by atoms with Crippen molar-refractivity contribution >= 4 is 17.9 Å². The quantitative estimate of drug-likeness (QED) is 0.0261. The van der Waals surface area contributed by atoms with Gasteiger partial charge in [-0.25, -0.2) is 0 Å². The Morgan fingerprint density at radius 1 is 0.276 bits per heavy atom. The fraction of sp³-hybridized carbons (Fsp3) is 0.700. The Bertz CT molecular complexity index is 1540. The van der Waals surface area contributed by atoms with Gasteiger partial charge in [-0.3, -0.25) is 14.4 Å². The van der Waals surface area contributed by atoms with E-state index in [0.717, 1.165) is 109 Å². The van der Waals surface area contributed by atoms with Crippen LogP contribution in [0.4, 0.5) is 0 Å². The molecular formula is C70H118O6. The Kier molecular flexibility index (Phi) is 60.3. The van der Waals surface area contributed by atoms with Crippen LogP contribution in [0.1, 0.15) is 297 Å². The molecule has 0 saturated carbocycles. The molecule has 0 rings (SSSR count). The van der Waals surface area contributed by atoms with Crippen LogP contribution < -0.4 is 0 Å². The first-order valence-corrected chi connectivity index (χ1v) is 31.9. The lowest BCUT2D eigenvalue weighted by atomic mass is 10.0. The maximum absolute atomic E-state index is 12.8. The molecule has 0 aliphatic heterocycles. The first-order valence-electron chi connectivity index (χ1n) is 31.9. The summed E-state index contributed by atoms with van der Waals surface area (Å²) in [5.41, 5.74) is 0. The molecule has 0 heterocycles. The first kappa shape index (κ1) is 72.1. The molecule has 0 aromatic heterocycles. The van der Waals surface area contributed by atoms with E-state index in [1.807, 2.05) is 0 Å². The normalized spacial score (nSPS) is 12.8.